The van der Waals surface area contributed by atoms with Crippen molar-refractivity contribution in [3.05, 3.63) is 0 Å². The lowest BCUT2D eigenvalue weighted by atomic mass is 10.2. The van der Waals surface area contributed by atoms with E-state index in [9.17, 15) is 13.2 Å². The second-order valence-electron chi connectivity index (χ2n) is 4.39. The summed E-state index contributed by atoms with van der Waals surface area (Å²) in [5, 5.41) is 0. The summed E-state index contributed by atoms with van der Waals surface area (Å²) in [7, 11) is -1.44. The molecular weight excluding hydrogens is 230 g/mol. The highest BCUT2D eigenvalue weighted by molar-refractivity contribution is 7.90. The van der Waals surface area contributed by atoms with Gasteiger partial charge in [0, 0.05) is 26.0 Å². The molecule has 1 aliphatic heterocycles. The molecule has 0 saturated carbocycles. The van der Waals surface area contributed by atoms with Crippen molar-refractivity contribution in [3.8, 4) is 0 Å². The highest BCUT2D eigenvalue weighted by atomic mass is 32.2. The van der Waals surface area contributed by atoms with E-state index in [1.165, 1.54) is 11.2 Å². The number of amides is 1. The van der Waals surface area contributed by atoms with E-state index < -0.39 is 9.84 Å². The van der Waals surface area contributed by atoms with Gasteiger partial charge in [-0.2, -0.15) is 0 Å². The lowest BCUT2D eigenvalue weighted by Crippen LogP contribution is -2.44. The third-order valence-electron chi connectivity index (χ3n) is 2.76. The molecule has 1 amide bonds. The van der Waals surface area contributed by atoms with Crippen LogP contribution in [0.2, 0.25) is 0 Å². The minimum atomic E-state index is -3.06. The molecule has 94 valence electrons. The smallest absolute Gasteiger partial charge is 0.251 e. The topological polar surface area (TPSA) is 63.7 Å². The van der Waals surface area contributed by atoms with E-state index in [4.69, 9.17) is 4.74 Å². The summed E-state index contributed by atoms with van der Waals surface area (Å²) in [6.45, 7) is 2.35. The Labute approximate surface area is 96.7 Å². The minimum absolute atomic E-state index is 0.0119. The van der Waals surface area contributed by atoms with E-state index in [0.717, 1.165) is 12.8 Å². The first-order chi connectivity index (χ1) is 7.31. The maximum Gasteiger partial charge on any atom is 0.251 e. The van der Waals surface area contributed by atoms with Gasteiger partial charge in [-0.25, -0.2) is 8.42 Å². The van der Waals surface area contributed by atoms with Crippen molar-refractivity contribution >= 4 is 15.7 Å². The molecule has 0 N–H and O–H groups in total. The Morgan fingerprint density at radius 2 is 2.19 bits per heavy atom. The zero-order chi connectivity index (χ0) is 12.3. The number of rotatable bonds is 4. The van der Waals surface area contributed by atoms with Gasteiger partial charge >= 0.3 is 0 Å². The Morgan fingerprint density at radius 1 is 1.56 bits per heavy atom. The maximum atomic E-state index is 11.9. The molecule has 16 heavy (non-hydrogen) atoms. The molecule has 2 atom stereocenters. The van der Waals surface area contributed by atoms with Crippen LogP contribution in [0.15, 0.2) is 0 Å². The van der Waals surface area contributed by atoms with Crippen LogP contribution in [0.3, 0.4) is 0 Å². The van der Waals surface area contributed by atoms with Gasteiger partial charge in [0.15, 0.2) is 0 Å². The van der Waals surface area contributed by atoms with Gasteiger partial charge in [-0.05, 0) is 19.8 Å². The summed E-state index contributed by atoms with van der Waals surface area (Å²) in [4.78, 5) is 13.3. The van der Waals surface area contributed by atoms with Crippen molar-refractivity contribution in [1.82, 2.24) is 4.90 Å². The van der Waals surface area contributed by atoms with Crippen molar-refractivity contribution in [2.75, 3.05) is 25.7 Å². The van der Waals surface area contributed by atoms with Crippen LogP contribution < -0.4 is 0 Å². The molecule has 1 rings (SSSR count). The lowest BCUT2D eigenvalue weighted by molar-refractivity contribution is -0.141. The number of carbonyl (C=O) groups excluding carboxylic acids is 1. The van der Waals surface area contributed by atoms with Gasteiger partial charge in [-0.15, -0.1) is 0 Å². The van der Waals surface area contributed by atoms with E-state index in [2.05, 4.69) is 0 Å². The molecule has 0 spiro atoms. The fourth-order valence-corrected chi connectivity index (χ4v) is 2.87. The number of hydrogen-bond donors (Lipinski definition) is 0. The Morgan fingerprint density at radius 3 is 2.62 bits per heavy atom. The zero-order valence-corrected chi connectivity index (χ0v) is 10.8. The van der Waals surface area contributed by atoms with E-state index in [-0.39, 0.29) is 23.8 Å². The molecule has 1 saturated heterocycles. The average molecular weight is 249 g/mol. The fourth-order valence-electron chi connectivity index (χ4n) is 1.77. The van der Waals surface area contributed by atoms with Crippen LogP contribution >= 0.6 is 0 Å². The summed E-state index contributed by atoms with van der Waals surface area (Å²) < 4.78 is 27.5. The largest absolute Gasteiger partial charge is 0.368 e. The molecule has 1 aliphatic rings. The third kappa shape index (κ3) is 3.75. The number of nitrogens with zero attached hydrogens (tertiary/aromatic N) is 1. The van der Waals surface area contributed by atoms with Gasteiger partial charge in [0.05, 0.1) is 5.75 Å². The number of likely N-dealkylation sites (N-methyl/N-ethyl adjacent to an activating group) is 1. The summed E-state index contributed by atoms with van der Waals surface area (Å²) in [6, 6.07) is -0.313. The normalized spacial score (nSPS) is 23.1. The van der Waals surface area contributed by atoms with Gasteiger partial charge in [-0.3, -0.25) is 4.79 Å². The third-order valence-corrected chi connectivity index (χ3v) is 3.85. The van der Waals surface area contributed by atoms with Crippen LogP contribution in [0.5, 0.6) is 0 Å². The Bertz CT molecular complexity index is 346. The Kier molecular flexibility index (Phi) is 4.32. The van der Waals surface area contributed by atoms with E-state index in [1.807, 2.05) is 0 Å². The molecule has 1 heterocycles. The molecule has 5 nitrogen and oxygen atoms in total. The molecule has 0 aliphatic carbocycles. The highest BCUT2D eigenvalue weighted by Gasteiger charge is 2.29. The monoisotopic (exact) mass is 249 g/mol. The summed E-state index contributed by atoms with van der Waals surface area (Å²) in [5.41, 5.74) is 0. The molecule has 2 unspecified atom stereocenters. The van der Waals surface area contributed by atoms with Crippen LogP contribution in [0.1, 0.15) is 19.8 Å². The first kappa shape index (κ1) is 13.4. The Balaban J connectivity index is 2.55. The zero-order valence-electron chi connectivity index (χ0n) is 9.97. The molecule has 0 radical (unpaired) electrons. The number of ether oxygens (including phenoxy) is 1. The predicted octanol–water partition coefficient (Wildman–Crippen LogP) is 0.0569. The SMILES string of the molecule is CC(CS(C)(=O)=O)N(C)C(=O)C1CCCO1. The first-order valence-corrected chi connectivity index (χ1v) is 7.43. The van der Waals surface area contributed by atoms with Gasteiger partial charge in [0.25, 0.3) is 5.91 Å². The van der Waals surface area contributed by atoms with Crippen LogP contribution in [0.4, 0.5) is 0 Å². The van der Waals surface area contributed by atoms with E-state index in [1.54, 1.807) is 14.0 Å². The number of carbonyl (C=O) groups is 1. The average Bonchev–Trinajstić information content (AvgIpc) is 2.65. The molecular formula is C10H19NO4S. The highest BCUT2D eigenvalue weighted by Crippen LogP contribution is 2.15. The molecule has 0 aromatic carbocycles. The van der Waals surface area contributed by atoms with Crippen LogP contribution in [-0.2, 0) is 19.4 Å². The molecule has 1 fully saturated rings. The van der Waals surface area contributed by atoms with Crippen molar-refractivity contribution in [2.45, 2.75) is 31.9 Å². The number of hydrogen-bond acceptors (Lipinski definition) is 4. The van der Waals surface area contributed by atoms with Gasteiger partial charge in [0.2, 0.25) is 0 Å². The standard InChI is InChI=1S/C10H19NO4S/c1-8(7-16(3,13)14)11(2)10(12)9-5-4-6-15-9/h8-9H,4-7H2,1-3H3. The second kappa shape index (κ2) is 5.14. The summed E-state index contributed by atoms with van der Waals surface area (Å²) in [6.07, 6.45) is 2.42. The Hall–Kier alpha value is -0.620. The van der Waals surface area contributed by atoms with Crippen molar-refractivity contribution in [3.63, 3.8) is 0 Å². The lowest BCUT2D eigenvalue weighted by Gasteiger charge is -2.26. The molecule has 0 bridgehead atoms. The molecule has 0 aromatic heterocycles. The fraction of sp³-hybridized carbons (Fsp3) is 0.900. The second-order valence-corrected chi connectivity index (χ2v) is 6.58. The van der Waals surface area contributed by atoms with E-state index >= 15 is 0 Å². The van der Waals surface area contributed by atoms with Gasteiger partial charge < -0.3 is 9.64 Å². The van der Waals surface area contributed by atoms with Crippen molar-refractivity contribution in [2.24, 2.45) is 0 Å². The minimum Gasteiger partial charge on any atom is -0.368 e. The van der Waals surface area contributed by atoms with E-state index in [0.29, 0.717) is 6.61 Å². The maximum absolute atomic E-state index is 11.9. The molecule has 6 heteroatoms. The predicted molar refractivity (Wildman–Crippen MR) is 60.9 cm³/mol. The molecule has 0 aromatic rings. The summed E-state index contributed by atoms with van der Waals surface area (Å²) in [5.74, 6) is -0.129. The van der Waals surface area contributed by atoms with Crippen LogP contribution in [0.25, 0.3) is 0 Å². The first-order valence-electron chi connectivity index (χ1n) is 5.37. The summed E-state index contributed by atoms with van der Waals surface area (Å²) >= 11 is 0. The van der Waals surface area contributed by atoms with Crippen LogP contribution in [-0.4, -0.2) is 57.0 Å². The van der Waals surface area contributed by atoms with Gasteiger partial charge in [0.1, 0.15) is 15.9 Å². The number of sulfone groups is 1. The van der Waals surface area contributed by atoms with Crippen molar-refractivity contribution in [1.29, 1.82) is 0 Å². The van der Waals surface area contributed by atoms with Crippen LogP contribution in [0, 0.1) is 0 Å². The van der Waals surface area contributed by atoms with Gasteiger partial charge in [-0.1, -0.05) is 0 Å². The quantitative estimate of drug-likeness (QED) is 0.706. The van der Waals surface area contributed by atoms with Crippen molar-refractivity contribution < 1.29 is 17.9 Å².